The molecular weight excluding hydrogens is 442 g/mol. The largest absolute Gasteiger partial charge is 0.444 e. The second-order valence-electron chi connectivity index (χ2n) is 8.10. The van der Waals surface area contributed by atoms with E-state index in [-0.39, 0.29) is 18.1 Å². The molecule has 2 aromatic rings. The van der Waals surface area contributed by atoms with Crippen LogP contribution >= 0.6 is 12.2 Å². The number of thiocarbonyl (C=S) groups is 1. The van der Waals surface area contributed by atoms with E-state index in [2.05, 4.69) is 26.8 Å². The highest BCUT2D eigenvalue weighted by atomic mass is 32.1. The molecule has 2 rings (SSSR count). The minimum Gasteiger partial charge on any atom is -0.444 e. The summed E-state index contributed by atoms with van der Waals surface area (Å²) in [5.41, 5.74) is 6.05. The molecule has 0 radical (unpaired) electrons. The Labute approximate surface area is 198 Å². The minimum absolute atomic E-state index is 0.186. The molecule has 0 heterocycles. The second kappa shape index (κ2) is 12.4. The Bertz CT molecular complexity index is 948. The molecule has 0 aliphatic heterocycles. The first-order valence-electron chi connectivity index (χ1n) is 10.3. The summed E-state index contributed by atoms with van der Waals surface area (Å²) in [6, 6.07) is 17.5. The maximum Gasteiger partial charge on any atom is 0.408 e. The number of ether oxygens (including phenoxy) is 1. The molecule has 0 unspecified atom stereocenters. The molecule has 0 fully saturated rings. The van der Waals surface area contributed by atoms with Gasteiger partial charge in [0.25, 0.3) is 5.91 Å². The van der Waals surface area contributed by atoms with Crippen molar-refractivity contribution in [2.75, 3.05) is 11.9 Å². The van der Waals surface area contributed by atoms with E-state index in [1.165, 1.54) is 0 Å². The van der Waals surface area contributed by atoms with E-state index in [1.54, 1.807) is 20.8 Å². The standard InChI is InChI=1S/C23H29N5O4S/c1-23(2,3)32-22(31)24-15-19(29)26-18(14-16-10-6-4-7-11-16)20(30)27-28-21(33)25-17-12-8-5-9-13-17/h4-13,18H,14-15H2,1-3H3,(H,24,31)(H,26,29)(H,27,30)(H2,25,28,33)/t18-/m0/s1. The van der Waals surface area contributed by atoms with Gasteiger partial charge in [-0.05, 0) is 50.7 Å². The summed E-state index contributed by atoms with van der Waals surface area (Å²) in [6.45, 7) is 4.82. The van der Waals surface area contributed by atoms with Crippen LogP contribution < -0.4 is 26.8 Å². The van der Waals surface area contributed by atoms with Gasteiger partial charge in [-0.2, -0.15) is 0 Å². The fourth-order valence-corrected chi connectivity index (χ4v) is 2.83. The Morgan fingerprint density at radius 2 is 1.55 bits per heavy atom. The van der Waals surface area contributed by atoms with Crippen LogP contribution in [0, 0.1) is 0 Å². The molecule has 33 heavy (non-hydrogen) atoms. The van der Waals surface area contributed by atoms with Gasteiger partial charge >= 0.3 is 6.09 Å². The van der Waals surface area contributed by atoms with Crippen LogP contribution in [0.4, 0.5) is 10.5 Å². The Hall–Kier alpha value is -3.66. The fourth-order valence-electron chi connectivity index (χ4n) is 2.66. The van der Waals surface area contributed by atoms with E-state index in [0.717, 1.165) is 11.3 Å². The first-order chi connectivity index (χ1) is 15.6. The lowest BCUT2D eigenvalue weighted by Crippen LogP contribution is -2.55. The van der Waals surface area contributed by atoms with Gasteiger partial charge in [0, 0.05) is 12.1 Å². The van der Waals surface area contributed by atoms with Crippen molar-refractivity contribution in [2.24, 2.45) is 0 Å². The lowest BCUT2D eigenvalue weighted by Gasteiger charge is -2.21. The third-order valence-electron chi connectivity index (χ3n) is 4.06. The predicted octanol–water partition coefficient (Wildman–Crippen LogP) is 2.26. The molecule has 0 aliphatic rings. The summed E-state index contributed by atoms with van der Waals surface area (Å²) in [5, 5.41) is 8.13. The molecule has 10 heteroatoms. The van der Waals surface area contributed by atoms with Crippen molar-refractivity contribution in [1.82, 2.24) is 21.5 Å². The maximum absolute atomic E-state index is 12.8. The molecule has 0 bridgehead atoms. The Morgan fingerprint density at radius 1 is 0.939 bits per heavy atom. The zero-order chi connectivity index (χ0) is 24.3. The minimum atomic E-state index is -0.910. The van der Waals surface area contributed by atoms with Crippen LogP contribution in [0.25, 0.3) is 0 Å². The quantitative estimate of drug-likeness (QED) is 0.310. The SMILES string of the molecule is CC(C)(C)OC(=O)NCC(=O)N[C@@H](Cc1ccccc1)C(=O)NNC(=S)Nc1ccccc1. The van der Waals surface area contributed by atoms with E-state index in [1.807, 2.05) is 60.7 Å². The van der Waals surface area contributed by atoms with Crippen LogP contribution in [0.5, 0.6) is 0 Å². The van der Waals surface area contributed by atoms with Crippen molar-refractivity contribution in [3.8, 4) is 0 Å². The number of hydrogen-bond acceptors (Lipinski definition) is 5. The second-order valence-corrected chi connectivity index (χ2v) is 8.51. The number of carbonyl (C=O) groups is 3. The Kier molecular flexibility index (Phi) is 9.62. The predicted molar refractivity (Wildman–Crippen MR) is 130 cm³/mol. The molecule has 9 nitrogen and oxygen atoms in total. The normalized spacial score (nSPS) is 11.5. The van der Waals surface area contributed by atoms with Gasteiger partial charge in [0.15, 0.2) is 5.11 Å². The molecule has 5 N–H and O–H groups in total. The fraction of sp³-hybridized carbons (Fsp3) is 0.304. The number of para-hydroxylation sites is 1. The Morgan fingerprint density at radius 3 is 2.15 bits per heavy atom. The van der Waals surface area contributed by atoms with Gasteiger partial charge in [-0.25, -0.2) is 4.79 Å². The molecule has 0 saturated carbocycles. The third kappa shape index (κ3) is 10.5. The first kappa shape index (κ1) is 25.6. The maximum atomic E-state index is 12.8. The van der Waals surface area contributed by atoms with Crippen LogP contribution in [0.1, 0.15) is 26.3 Å². The van der Waals surface area contributed by atoms with E-state index < -0.39 is 29.6 Å². The van der Waals surface area contributed by atoms with E-state index >= 15 is 0 Å². The van der Waals surface area contributed by atoms with Gasteiger partial charge in [0.1, 0.15) is 18.2 Å². The highest BCUT2D eigenvalue weighted by molar-refractivity contribution is 7.80. The molecular formula is C23H29N5O4S. The lowest BCUT2D eigenvalue weighted by molar-refractivity contribution is -0.128. The molecule has 0 aliphatic carbocycles. The molecule has 0 aromatic heterocycles. The number of rotatable bonds is 7. The number of benzene rings is 2. The van der Waals surface area contributed by atoms with Crippen LogP contribution in [-0.4, -0.2) is 41.2 Å². The number of amides is 3. The van der Waals surface area contributed by atoms with Crippen molar-refractivity contribution in [2.45, 2.75) is 38.8 Å². The van der Waals surface area contributed by atoms with E-state index in [9.17, 15) is 14.4 Å². The Balaban J connectivity index is 1.93. The monoisotopic (exact) mass is 471 g/mol. The van der Waals surface area contributed by atoms with E-state index in [4.69, 9.17) is 17.0 Å². The highest BCUT2D eigenvalue weighted by Crippen LogP contribution is 2.07. The van der Waals surface area contributed by atoms with Crippen LogP contribution in [0.15, 0.2) is 60.7 Å². The third-order valence-corrected chi connectivity index (χ3v) is 4.26. The lowest BCUT2D eigenvalue weighted by atomic mass is 10.1. The van der Waals surface area contributed by atoms with Crippen molar-refractivity contribution in [3.05, 3.63) is 66.2 Å². The number of hydrogen-bond donors (Lipinski definition) is 5. The number of nitrogens with one attached hydrogen (secondary N) is 5. The van der Waals surface area contributed by atoms with Gasteiger partial charge < -0.3 is 20.7 Å². The van der Waals surface area contributed by atoms with Crippen molar-refractivity contribution < 1.29 is 19.1 Å². The molecule has 0 spiro atoms. The summed E-state index contributed by atoms with van der Waals surface area (Å²) < 4.78 is 5.11. The summed E-state index contributed by atoms with van der Waals surface area (Å²) in [6.07, 6.45) is -0.480. The molecule has 2 aromatic carbocycles. The average Bonchev–Trinajstić information content (AvgIpc) is 2.76. The van der Waals surface area contributed by atoms with Crippen LogP contribution in [0.2, 0.25) is 0 Å². The molecule has 0 saturated heterocycles. The van der Waals surface area contributed by atoms with Gasteiger partial charge in [-0.1, -0.05) is 48.5 Å². The zero-order valence-electron chi connectivity index (χ0n) is 18.8. The number of anilines is 1. The number of hydrazine groups is 1. The topological polar surface area (TPSA) is 121 Å². The molecule has 1 atom stereocenters. The molecule has 176 valence electrons. The first-order valence-corrected chi connectivity index (χ1v) is 10.8. The summed E-state index contributed by atoms with van der Waals surface area (Å²) in [5.74, 6) is -1.04. The van der Waals surface area contributed by atoms with Crippen molar-refractivity contribution >= 4 is 40.9 Å². The summed E-state index contributed by atoms with van der Waals surface area (Å²) in [7, 11) is 0. The zero-order valence-corrected chi connectivity index (χ0v) is 19.6. The van der Waals surface area contributed by atoms with Crippen molar-refractivity contribution in [1.29, 1.82) is 0 Å². The smallest absolute Gasteiger partial charge is 0.408 e. The highest BCUT2D eigenvalue weighted by Gasteiger charge is 2.22. The van der Waals surface area contributed by atoms with Gasteiger partial charge in [-0.15, -0.1) is 0 Å². The van der Waals surface area contributed by atoms with E-state index in [0.29, 0.717) is 0 Å². The summed E-state index contributed by atoms with van der Waals surface area (Å²) in [4.78, 5) is 36.9. The van der Waals surface area contributed by atoms with Gasteiger partial charge in [-0.3, -0.25) is 20.4 Å². The number of alkyl carbamates (subject to hydrolysis) is 1. The van der Waals surface area contributed by atoms with Gasteiger partial charge in [0.2, 0.25) is 5.91 Å². The van der Waals surface area contributed by atoms with Gasteiger partial charge in [0.05, 0.1) is 0 Å². The van der Waals surface area contributed by atoms with Crippen LogP contribution in [-0.2, 0) is 20.7 Å². The number of carbonyl (C=O) groups excluding carboxylic acids is 3. The van der Waals surface area contributed by atoms with Crippen LogP contribution in [0.3, 0.4) is 0 Å². The van der Waals surface area contributed by atoms with Crippen molar-refractivity contribution in [3.63, 3.8) is 0 Å². The molecule has 3 amide bonds. The average molecular weight is 472 g/mol. The summed E-state index contributed by atoms with van der Waals surface area (Å²) >= 11 is 5.19.